The van der Waals surface area contributed by atoms with Gasteiger partial charge in [0.25, 0.3) is 0 Å². The quantitative estimate of drug-likeness (QED) is 0.637. The van der Waals surface area contributed by atoms with Gasteiger partial charge in [0.15, 0.2) is 0 Å². The monoisotopic (exact) mass is 249 g/mol. The van der Waals surface area contributed by atoms with Crippen molar-refractivity contribution in [1.29, 1.82) is 0 Å². The Bertz CT molecular complexity index is 250. The van der Waals surface area contributed by atoms with Crippen molar-refractivity contribution in [2.24, 2.45) is 5.92 Å². The molecule has 18 heavy (non-hydrogen) atoms. The van der Waals surface area contributed by atoms with Crippen LogP contribution >= 0.6 is 0 Å². The Hall–Kier alpha value is -0.300. The zero-order valence-corrected chi connectivity index (χ0v) is 12.2. The third kappa shape index (κ3) is 4.42. The van der Waals surface area contributed by atoms with Crippen molar-refractivity contribution in [2.45, 2.75) is 83.6 Å². The van der Waals surface area contributed by atoms with Crippen molar-refractivity contribution >= 4 is 0 Å². The number of hydrogen-bond donors (Lipinski definition) is 1. The zero-order chi connectivity index (χ0) is 12.6. The van der Waals surface area contributed by atoms with Gasteiger partial charge < -0.3 is 5.32 Å². The van der Waals surface area contributed by atoms with E-state index in [9.17, 15) is 0 Å². The molecule has 2 aliphatic rings. The molecule has 1 fully saturated rings. The molecule has 0 saturated heterocycles. The molecule has 0 aromatic rings. The summed E-state index contributed by atoms with van der Waals surface area (Å²) in [5.41, 5.74) is 1.72. The van der Waals surface area contributed by atoms with Crippen molar-refractivity contribution in [3.05, 3.63) is 11.6 Å². The minimum Gasteiger partial charge on any atom is -0.310 e. The zero-order valence-electron chi connectivity index (χ0n) is 12.2. The second-order valence-electron chi connectivity index (χ2n) is 6.26. The number of rotatable bonds is 7. The van der Waals surface area contributed by atoms with Crippen LogP contribution < -0.4 is 5.32 Å². The van der Waals surface area contributed by atoms with Gasteiger partial charge in [-0.3, -0.25) is 0 Å². The van der Waals surface area contributed by atoms with Gasteiger partial charge in [-0.2, -0.15) is 0 Å². The van der Waals surface area contributed by atoms with E-state index in [2.05, 4.69) is 18.3 Å². The lowest BCUT2D eigenvalue weighted by molar-refractivity contribution is 0.319. The SMILES string of the molecule is CCCNC(CCC1CCCCC1)C1=CCCC1. The van der Waals surface area contributed by atoms with E-state index in [-0.39, 0.29) is 0 Å². The third-order valence-electron chi connectivity index (χ3n) is 4.75. The summed E-state index contributed by atoms with van der Waals surface area (Å²) in [7, 11) is 0. The van der Waals surface area contributed by atoms with E-state index < -0.39 is 0 Å². The first-order chi connectivity index (χ1) is 8.90. The molecule has 1 heteroatoms. The highest BCUT2D eigenvalue weighted by Gasteiger charge is 2.19. The minimum absolute atomic E-state index is 0.703. The molecule has 2 aliphatic carbocycles. The molecule has 0 aromatic heterocycles. The largest absolute Gasteiger partial charge is 0.310 e. The van der Waals surface area contributed by atoms with Gasteiger partial charge in [-0.15, -0.1) is 0 Å². The van der Waals surface area contributed by atoms with E-state index in [1.807, 2.05) is 0 Å². The van der Waals surface area contributed by atoms with E-state index in [1.165, 1.54) is 77.2 Å². The Morgan fingerprint density at radius 1 is 1.22 bits per heavy atom. The van der Waals surface area contributed by atoms with E-state index in [0.29, 0.717) is 6.04 Å². The van der Waals surface area contributed by atoms with Gasteiger partial charge in [-0.05, 0) is 51.0 Å². The molecule has 0 spiro atoms. The van der Waals surface area contributed by atoms with Crippen LogP contribution in [-0.4, -0.2) is 12.6 Å². The molecule has 0 bridgehead atoms. The summed E-state index contributed by atoms with van der Waals surface area (Å²) >= 11 is 0. The normalized spacial score (nSPS) is 23.1. The number of hydrogen-bond acceptors (Lipinski definition) is 1. The fourth-order valence-corrected chi connectivity index (χ4v) is 3.63. The maximum atomic E-state index is 3.78. The van der Waals surface area contributed by atoms with Crippen molar-refractivity contribution < 1.29 is 0 Å². The summed E-state index contributed by atoms with van der Waals surface area (Å²) in [5.74, 6) is 1.03. The highest BCUT2D eigenvalue weighted by atomic mass is 14.9. The molecule has 2 rings (SSSR count). The maximum Gasteiger partial charge on any atom is 0.0279 e. The Balaban J connectivity index is 1.76. The fraction of sp³-hybridized carbons (Fsp3) is 0.882. The van der Waals surface area contributed by atoms with Gasteiger partial charge in [-0.25, -0.2) is 0 Å². The van der Waals surface area contributed by atoms with Crippen LogP contribution in [0.5, 0.6) is 0 Å². The molecule has 0 radical (unpaired) electrons. The number of nitrogens with one attached hydrogen (secondary N) is 1. The highest BCUT2D eigenvalue weighted by molar-refractivity contribution is 5.15. The fourth-order valence-electron chi connectivity index (χ4n) is 3.63. The molecule has 0 amide bonds. The van der Waals surface area contributed by atoms with Gasteiger partial charge in [-0.1, -0.05) is 50.7 Å². The smallest absolute Gasteiger partial charge is 0.0279 e. The summed E-state index contributed by atoms with van der Waals surface area (Å²) in [4.78, 5) is 0. The first-order valence-electron chi connectivity index (χ1n) is 8.32. The molecule has 104 valence electrons. The minimum atomic E-state index is 0.703. The molecule has 0 aromatic carbocycles. The predicted molar refractivity (Wildman–Crippen MR) is 79.8 cm³/mol. The third-order valence-corrected chi connectivity index (χ3v) is 4.75. The van der Waals surface area contributed by atoms with Crippen LogP contribution in [0.25, 0.3) is 0 Å². The Kier molecular flexibility index (Phi) is 6.26. The molecule has 1 nitrogen and oxygen atoms in total. The summed E-state index contributed by atoms with van der Waals surface area (Å²) in [6.45, 7) is 3.46. The Labute approximate surface area is 113 Å². The molecule has 1 atom stereocenters. The molecule has 1 unspecified atom stereocenters. The molecule has 1 saturated carbocycles. The van der Waals surface area contributed by atoms with Crippen LogP contribution in [0.15, 0.2) is 11.6 Å². The van der Waals surface area contributed by atoms with Crippen LogP contribution in [0.2, 0.25) is 0 Å². The van der Waals surface area contributed by atoms with Crippen molar-refractivity contribution in [3.8, 4) is 0 Å². The van der Waals surface area contributed by atoms with Crippen molar-refractivity contribution in [2.75, 3.05) is 6.54 Å². The summed E-state index contributed by atoms with van der Waals surface area (Å²) in [5, 5.41) is 3.78. The van der Waals surface area contributed by atoms with Gasteiger partial charge >= 0.3 is 0 Å². The maximum absolute atomic E-state index is 3.78. The van der Waals surface area contributed by atoms with Gasteiger partial charge in [0.2, 0.25) is 0 Å². The summed E-state index contributed by atoms with van der Waals surface area (Å²) in [6, 6.07) is 0.703. The van der Waals surface area contributed by atoms with Gasteiger partial charge in [0.05, 0.1) is 0 Å². The Morgan fingerprint density at radius 2 is 2.06 bits per heavy atom. The summed E-state index contributed by atoms with van der Waals surface area (Å²) < 4.78 is 0. The average molecular weight is 249 g/mol. The lowest BCUT2D eigenvalue weighted by Crippen LogP contribution is -2.31. The molecule has 0 heterocycles. The average Bonchev–Trinajstić information content (AvgIpc) is 2.94. The van der Waals surface area contributed by atoms with E-state index in [1.54, 1.807) is 5.57 Å². The van der Waals surface area contributed by atoms with Crippen molar-refractivity contribution in [3.63, 3.8) is 0 Å². The number of allylic oxidation sites excluding steroid dienone is 1. The van der Waals surface area contributed by atoms with E-state index in [0.717, 1.165) is 5.92 Å². The molecular formula is C17H31N. The standard InChI is InChI=1S/C17H31N/c1-2-14-18-17(16-10-6-7-11-16)13-12-15-8-4-3-5-9-15/h10,15,17-18H,2-9,11-14H2,1H3. The topological polar surface area (TPSA) is 12.0 Å². The highest BCUT2D eigenvalue weighted by Crippen LogP contribution is 2.30. The van der Waals surface area contributed by atoms with Crippen LogP contribution in [0, 0.1) is 5.92 Å². The van der Waals surface area contributed by atoms with Gasteiger partial charge in [0, 0.05) is 6.04 Å². The van der Waals surface area contributed by atoms with Crippen molar-refractivity contribution in [1.82, 2.24) is 5.32 Å². The molecular weight excluding hydrogens is 218 g/mol. The Morgan fingerprint density at radius 3 is 2.72 bits per heavy atom. The van der Waals surface area contributed by atoms with Crippen LogP contribution in [0.4, 0.5) is 0 Å². The lowest BCUT2D eigenvalue weighted by atomic mass is 9.84. The first kappa shape index (κ1) is 14.1. The molecule has 0 aliphatic heterocycles. The second kappa shape index (κ2) is 7.99. The summed E-state index contributed by atoms with van der Waals surface area (Å²) in [6.07, 6.45) is 18.1. The van der Waals surface area contributed by atoms with Crippen LogP contribution in [-0.2, 0) is 0 Å². The van der Waals surface area contributed by atoms with E-state index >= 15 is 0 Å². The van der Waals surface area contributed by atoms with Crippen LogP contribution in [0.1, 0.15) is 77.6 Å². The first-order valence-corrected chi connectivity index (χ1v) is 8.32. The van der Waals surface area contributed by atoms with E-state index in [4.69, 9.17) is 0 Å². The second-order valence-corrected chi connectivity index (χ2v) is 6.26. The van der Waals surface area contributed by atoms with Crippen LogP contribution in [0.3, 0.4) is 0 Å². The predicted octanol–water partition coefficient (Wildman–Crippen LogP) is 4.83. The molecule has 1 N–H and O–H groups in total. The van der Waals surface area contributed by atoms with Gasteiger partial charge in [0.1, 0.15) is 0 Å². The lowest BCUT2D eigenvalue weighted by Gasteiger charge is -2.25.